The highest BCUT2D eigenvalue weighted by Gasteiger charge is 2.32. The lowest BCUT2D eigenvalue weighted by atomic mass is 9.96. The molecule has 0 saturated carbocycles. The molecule has 1 aliphatic rings. The number of carbonyl (C=O) groups excluding carboxylic acids is 2. The molecule has 2 rings (SSSR count). The molecule has 0 spiro atoms. The number of rotatable bonds is 9. The number of piperidine rings is 1. The van der Waals surface area contributed by atoms with Crippen molar-refractivity contribution in [3.05, 3.63) is 34.9 Å². The first-order valence-electron chi connectivity index (χ1n) is 10.8. The number of alkyl halides is 4. The Morgan fingerprint density at radius 2 is 1.84 bits per heavy atom. The zero-order valence-corrected chi connectivity index (χ0v) is 18.4. The molecule has 1 fully saturated rings. The number of benzene rings is 1. The van der Waals surface area contributed by atoms with Gasteiger partial charge in [0.2, 0.25) is 0 Å². The third kappa shape index (κ3) is 8.64. The Morgan fingerprint density at radius 3 is 2.44 bits per heavy atom. The molecule has 0 aromatic heterocycles. The second kappa shape index (κ2) is 12.0. The molecule has 0 radical (unpaired) electrons. The minimum absolute atomic E-state index is 0.181. The predicted octanol–water partition coefficient (Wildman–Crippen LogP) is 4.00. The van der Waals surface area contributed by atoms with E-state index in [0.717, 1.165) is 38.1 Å². The van der Waals surface area contributed by atoms with Gasteiger partial charge in [0.15, 0.2) is 0 Å². The zero-order valence-electron chi connectivity index (χ0n) is 18.4. The van der Waals surface area contributed by atoms with Gasteiger partial charge in [0.05, 0.1) is 12.2 Å². The van der Waals surface area contributed by atoms with Gasteiger partial charge in [-0.05, 0) is 61.5 Å². The lowest BCUT2D eigenvalue weighted by Gasteiger charge is -2.32. The van der Waals surface area contributed by atoms with E-state index >= 15 is 0 Å². The van der Waals surface area contributed by atoms with E-state index in [0.29, 0.717) is 32.3 Å². The highest BCUT2D eigenvalue weighted by Crippen LogP contribution is 2.31. The third-order valence-electron chi connectivity index (χ3n) is 5.24. The lowest BCUT2D eigenvalue weighted by molar-refractivity contribution is -0.137. The van der Waals surface area contributed by atoms with E-state index in [2.05, 4.69) is 15.5 Å². The SMILES string of the molecule is CC(C)COC(=O)NCCN1CCC(CNC(=O)c2cc(CF)cc(C(F)(F)F)c2)CC1. The number of nitrogens with zero attached hydrogens (tertiary/aromatic N) is 1. The van der Waals surface area contributed by atoms with Crippen LogP contribution in [0, 0.1) is 11.8 Å². The van der Waals surface area contributed by atoms with Crippen LogP contribution in [0.3, 0.4) is 0 Å². The van der Waals surface area contributed by atoms with Crippen LogP contribution in [0.1, 0.15) is 48.2 Å². The monoisotopic (exact) mass is 461 g/mol. The standard InChI is InChI=1S/C22H31F4N3O3/c1-15(2)14-32-21(31)27-5-8-29-6-3-16(4-7-29)13-28-20(30)18-9-17(12-23)10-19(11-18)22(24,25)26/h9-11,15-16H,3-8,12-14H2,1-2H3,(H,27,31)(H,28,30). The molecule has 180 valence electrons. The van der Waals surface area contributed by atoms with Crippen molar-refractivity contribution in [2.75, 3.05) is 39.3 Å². The molecule has 1 saturated heterocycles. The summed E-state index contributed by atoms with van der Waals surface area (Å²) in [5.74, 6) is -0.164. The third-order valence-corrected chi connectivity index (χ3v) is 5.24. The summed E-state index contributed by atoms with van der Waals surface area (Å²) in [6, 6.07) is 2.61. The van der Waals surface area contributed by atoms with Crippen molar-refractivity contribution in [3.8, 4) is 0 Å². The molecule has 2 amide bonds. The number of halogens is 4. The molecule has 0 aliphatic carbocycles. The number of hydrogen-bond donors (Lipinski definition) is 2. The van der Waals surface area contributed by atoms with Crippen LogP contribution in [-0.4, -0.2) is 56.2 Å². The Hall–Kier alpha value is -2.36. The first-order valence-corrected chi connectivity index (χ1v) is 10.8. The summed E-state index contributed by atoms with van der Waals surface area (Å²) >= 11 is 0. The van der Waals surface area contributed by atoms with Crippen LogP contribution in [0.4, 0.5) is 22.4 Å². The van der Waals surface area contributed by atoms with Crippen molar-refractivity contribution in [1.82, 2.24) is 15.5 Å². The van der Waals surface area contributed by atoms with Gasteiger partial charge in [-0.2, -0.15) is 13.2 Å². The van der Waals surface area contributed by atoms with Crippen molar-refractivity contribution in [3.63, 3.8) is 0 Å². The Labute approximate surface area is 185 Å². The van der Waals surface area contributed by atoms with E-state index < -0.39 is 30.4 Å². The first-order chi connectivity index (χ1) is 15.1. The topological polar surface area (TPSA) is 70.7 Å². The predicted molar refractivity (Wildman–Crippen MR) is 112 cm³/mol. The summed E-state index contributed by atoms with van der Waals surface area (Å²) in [4.78, 5) is 26.1. The molecule has 1 heterocycles. The number of nitrogens with one attached hydrogen (secondary N) is 2. The summed E-state index contributed by atoms with van der Waals surface area (Å²) in [5, 5.41) is 5.39. The van der Waals surface area contributed by atoms with Gasteiger partial charge in [-0.25, -0.2) is 9.18 Å². The number of likely N-dealkylation sites (tertiary alicyclic amines) is 1. The van der Waals surface area contributed by atoms with Crippen molar-refractivity contribution in [2.24, 2.45) is 11.8 Å². The Balaban J connectivity index is 1.73. The molecule has 10 heteroatoms. The molecule has 1 aromatic rings. The normalized spacial score (nSPS) is 15.6. The molecule has 0 unspecified atom stereocenters. The molecule has 2 N–H and O–H groups in total. The highest BCUT2D eigenvalue weighted by molar-refractivity contribution is 5.94. The van der Waals surface area contributed by atoms with Gasteiger partial charge in [0.1, 0.15) is 6.67 Å². The zero-order chi connectivity index (χ0) is 23.7. The van der Waals surface area contributed by atoms with Gasteiger partial charge in [-0.3, -0.25) is 4.79 Å². The lowest BCUT2D eigenvalue weighted by Crippen LogP contribution is -2.42. The van der Waals surface area contributed by atoms with Crippen LogP contribution in [0.15, 0.2) is 18.2 Å². The number of carbonyl (C=O) groups is 2. The summed E-state index contributed by atoms with van der Waals surface area (Å²) in [6.07, 6.45) is -3.44. The van der Waals surface area contributed by atoms with Crippen molar-refractivity contribution in [1.29, 1.82) is 0 Å². The summed E-state index contributed by atoms with van der Waals surface area (Å²) < 4.78 is 56.9. The van der Waals surface area contributed by atoms with Crippen molar-refractivity contribution in [2.45, 2.75) is 39.5 Å². The van der Waals surface area contributed by atoms with Crippen LogP contribution in [0.5, 0.6) is 0 Å². The summed E-state index contributed by atoms with van der Waals surface area (Å²) in [6.45, 7) is 6.30. The molecular weight excluding hydrogens is 430 g/mol. The van der Waals surface area contributed by atoms with Crippen LogP contribution in [0.25, 0.3) is 0 Å². The van der Waals surface area contributed by atoms with Gasteiger partial charge in [0, 0.05) is 25.2 Å². The molecule has 6 nitrogen and oxygen atoms in total. The largest absolute Gasteiger partial charge is 0.449 e. The van der Waals surface area contributed by atoms with Crippen LogP contribution in [-0.2, 0) is 17.6 Å². The number of amides is 2. The second-order valence-corrected chi connectivity index (χ2v) is 8.46. The summed E-state index contributed by atoms with van der Waals surface area (Å²) in [5.41, 5.74) is -1.41. The van der Waals surface area contributed by atoms with E-state index in [4.69, 9.17) is 4.74 Å². The van der Waals surface area contributed by atoms with Crippen molar-refractivity contribution >= 4 is 12.0 Å². The Kier molecular flexibility index (Phi) is 9.74. The smallest absolute Gasteiger partial charge is 0.416 e. The van der Waals surface area contributed by atoms with Crippen LogP contribution < -0.4 is 10.6 Å². The van der Waals surface area contributed by atoms with Gasteiger partial charge in [0.25, 0.3) is 5.91 Å². The van der Waals surface area contributed by atoms with Crippen molar-refractivity contribution < 1.29 is 31.9 Å². The van der Waals surface area contributed by atoms with E-state index in [-0.39, 0.29) is 23.0 Å². The molecule has 1 aliphatic heterocycles. The van der Waals surface area contributed by atoms with Crippen LogP contribution in [0.2, 0.25) is 0 Å². The Bertz CT molecular complexity index is 763. The highest BCUT2D eigenvalue weighted by atomic mass is 19.4. The maximum Gasteiger partial charge on any atom is 0.416 e. The molecule has 0 atom stereocenters. The van der Waals surface area contributed by atoms with Gasteiger partial charge in [-0.15, -0.1) is 0 Å². The number of ether oxygens (including phenoxy) is 1. The Morgan fingerprint density at radius 1 is 1.16 bits per heavy atom. The van der Waals surface area contributed by atoms with Gasteiger partial charge in [-0.1, -0.05) is 13.8 Å². The van der Waals surface area contributed by atoms with E-state index in [1.54, 1.807) is 0 Å². The fourth-order valence-corrected chi connectivity index (χ4v) is 3.43. The quantitative estimate of drug-likeness (QED) is 0.546. The van der Waals surface area contributed by atoms with E-state index in [1.165, 1.54) is 0 Å². The second-order valence-electron chi connectivity index (χ2n) is 8.46. The van der Waals surface area contributed by atoms with Crippen LogP contribution >= 0.6 is 0 Å². The minimum atomic E-state index is -4.65. The molecule has 1 aromatic carbocycles. The molecule has 32 heavy (non-hydrogen) atoms. The first kappa shape index (κ1) is 25.9. The fraction of sp³-hybridized carbons (Fsp3) is 0.636. The summed E-state index contributed by atoms with van der Waals surface area (Å²) in [7, 11) is 0. The van der Waals surface area contributed by atoms with E-state index in [9.17, 15) is 27.2 Å². The number of hydrogen-bond acceptors (Lipinski definition) is 4. The van der Waals surface area contributed by atoms with E-state index in [1.807, 2.05) is 13.8 Å². The maximum atomic E-state index is 13.0. The average molecular weight is 462 g/mol. The van der Waals surface area contributed by atoms with Gasteiger partial charge >= 0.3 is 12.3 Å². The number of alkyl carbamates (subject to hydrolysis) is 1. The fourth-order valence-electron chi connectivity index (χ4n) is 3.43. The molecule has 0 bridgehead atoms. The molecular formula is C22H31F4N3O3. The van der Waals surface area contributed by atoms with Gasteiger partial charge < -0.3 is 20.3 Å². The average Bonchev–Trinajstić information content (AvgIpc) is 2.76. The maximum absolute atomic E-state index is 13.0. The minimum Gasteiger partial charge on any atom is -0.449 e.